The fourth-order valence-electron chi connectivity index (χ4n) is 1.82. The first-order valence-electron chi connectivity index (χ1n) is 5.80. The predicted octanol–water partition coefficient (Wildman–Crippen LogP) is 1.01. The fraction of sp³-hybridized carbons (Fsp3) is 0.667. The Morgan fingerprint density at radius 1 is 1.41 bits per heavy atom. The highest BCUT2D eigenvalue weighted by Crippen LogP contribution is 2.21. The van der Waals surface area contributed by atoms with Gasteiger partial charge in [0.15, 0.2) is 5.79 Å². The summed E-state index contributed by atoms with van der Waals surface area (Å²) in [6.07, 6.45) is 0.0808. The van der Waals surface area contributed by atoms with Crippen molar-refractivity contribution in [2.24, 2.45) is 0 Å². The zero-order valence-electron chi connectivity index (χ0n) is 10.2. The monoisotopic (exact) mass is 241 g/mol. The van der Waals surface area contributed by atoms with Crippen LogP contribution in [0.5, 0.6) is 0 Å². The van der Waals surface area contributed by atoms with Crippen molar-refractivity contribution in [3.63, 3.8) is 0 Å². The highest BCUT2D eigenvalue weighted by atomic mass is 16.7. The molecule has 1 fully saturated rings. The minimum Gasteiger partial charge on any atom is -0.462 e. The molecule has 0 aromatic carbocycles. The van der Waals surface area contributed by atoms with Gasteiger partial charge in [0, 0.05) is 6.54 Å². The van der Waals surface area contributed by atoms with Gasteiger partial charge in [-0.2, -0.15) is 0 Å². The van der Waals surface area contributed by atoms with Gasteiger partial charge in [-0.15, -0.1) is 0 Å². The second-order valence-corrected chi connectivity index (χ2v) is 4.61. The van der Waals surface area contributed by atoms with Crippen LogP contribution in [-0.2, 0) is 22.6 Å². The van der Waals surface area contributed by atoms with E-state index in [1.54, 1.807) is 6.07 Å². The standard InChI is InChI=1S/C12H19NO4/c1-12(2)15-8-11(17-12)6-13-5-9-3-4-10(7-14)16-9/h3-4,11,13-14H,5-8H2,1-2H3. The number of hydrogen-bond donors (Lipinski definition) is 2. The maximum Gasteiger partial charge on any atom is 0.163 e. The van der Waals surface area contributed by atoms with Crippen molar-refractivity contribution in [3.8, 4) is 0 Å². The number of ether oxygens (including phenoxy) is 2. The number of furan rings is 1. The van der Waals surface area contributed by atoms with Gasteiger partial charge in [-0.25, -0.2) is 0 Å². The Morgan fingerprint density at radius 2 is 2.18 bits per heavy atom. The molecule has 1 aliphatic heterocycles. The quantitative estimate of drug-likeness (QED) is 0.805. The number of nitrogens with one attached hydrogen (secondary N) is 1. The Hall–Kier alpha value is -0.880. The lowest BCUT2D eigenvalue weighted by atomic mass is 10.3. The van der Waals surface area contributed by atoms with Crippen LogP contribution in [0.25, 0.3) is 0 Å². The van der Waals surface area contributed by atoms with Crippen LogP contribution in [-0.4, -0.2) is 30.1 Å². The molecule has 0 aliphatic carbocycles. The Labute approximate surface area is 101 Å². The first-order chi connectivity index (χ1) is 8.09. The zero-order chi connectivity index (χ0) is 12.3. The van der Waals surface area contributed by atoms with Crippen LogP contribution >= 0.6 is 0 Å². The van der Waals surface area contributed by atoms with Crippen LogP contribution in [0, 0.1) is 0 Å². The molecule has 96 valence electrons. The minimum atomic E-state index is -0.471. The number of hydrogen-bond acceptors (Lipinski definition) is 5. The predicted molar refractivity (Wildman–Crippen MR) is 61.2 cm³/mol. The van der Waals surface area contributed by atoms with Crippen LogP contribution in [0.4, 0.5) is 0 Å². The van der Waals surface area contributed by atoms with Crippen LogP contribution < -0.4 is 5.32 Å². The molecule has 0 saturated carbocycles. The van der Waals surface area contributed by atoms with Crippen molar-refractivity contribution in [2.45, 2.75) is 38.9 Å². The summed E-state index contributed by atoms with van der Waals surface area (Å²) in [7, 11) is 0. The fourth-order valence-corrected chi connectivity index (χ4v) is 1.82. The molecule has 2 heterocycles. The van der Waals surface area contributed by atoms with Gasteiger partial charge in [-0.05, 0) is 26.0 Å². The third-order valence-electron chi connectivity index (χ3n) is 2.61. The van der Waals surface area contributed by atoms with E-state index in [0.717, 1.165) is 12.3 Å². The van der Waals surface area contributed by atoms with Gasteiger partial charge in [0.05, 0.1) is 19.3 Å². The summed E-state index contributed by atoms with van der Waals surface area (Å²) in [5, 5.41) is 12.1. The lowest BCUT2D eigenvalue weighted by molar-refractivity contribution is -0.137. The summed E-state index contributed by atoms with van der Waals surface area (Å²) < 4.78 is 16.5. The number of aliphatic hydroxyl groups excluding tert-OH is 1. The Bertz CT molecular complexity index is 361. The Balaban J connectivity index is 1.69. The zero-order valence-corrected chi connectivity index (χ0v) is 10.2. The summed E-state index contributed by atoms with van der Waals surface area (Å²) in [4.78, 5) is 0. The van der Waals surface area contributed by atoms with Crippen LogP contribution in [0.1, 0.15) is 25.4 Å². The third-order valence-corrected chi connectivity index (χ3v) is 2.61. The highest BCUT2D eigenvalue weighted by Gasteiger charge is 2.32. The first kappa shape index (κ1) is 12.6. The Kier molecular flexibility index (Phi) is 3.83. The number of rotatable bonds is 5. The molecule has 2 rings (SSSR count). The largest absolute Gasteiger partial charge is 0.462 e. The maximum atomic E-state index is 8.86. The van der Waals surface area contributed by atoms with Gasteiger partial charge < -0.3 is 24.3 Å². The van der Waals surface area contributed by atoms with E-state index in [1.807, 2.05) is 19.9 Å². The van der Waals surface area contributed by atoms with E-state index < -0.39 is 5.79 Å². The molecular formula is C12H19NO4. The number of aliphatic hydroxyl groups is 1. The van der Waals surface area contributed by atoms with E-state index in [2.05, 4.69) is 5.32 Å². The molecule has 0 spiro atoms. The topological polar surface area (TPSA) is 63.9 Å². The van der Waals surface area contributed by atoms with Gasteiger partial charge in [-0.1, -0.05) is 0 Å². The van der Waals surface area contributed by atoms with Crippen LogP contribution in [0.2, 0.25) is 0 Å². The summed E-state index contributed by atoms with van der Waals surface area (Å²) in [5.74, 6) is 0.928. The van der Waals surface area contributed by atoms with E-state index in [0.29, 0.717) is 18.9 Å². The third kappa shape index (κ3) is 3.54. The van der Waals surface area contributed by atoms with Gasteiger partial charge in [0.1, 0.15) is 18.1 Å². The summed E-state index contributed by atoms with van der Waals surface area (Å²) >= 11 is 0. The first-order valence-corrected chi connectivity index (χ1v) is 5.80. The maximum absolute atomic E-state index is 8.86. The molecule has 1 aliphatic rings. The molecule has 5 nitrogen and oxygen atoms in total. The molecule has 1 atom stereocenters. The molecule has 1 aromatic heterocycles. The van der Waals surface area contributed by atoms with E-state index in [1.165, 1.54) is 0 Å². The lowest BCUT2D eigenvalue weighted by Gasteiger charge is -2.17. The normalized spacial score (nSPS) is 23.1. The second kappa shape index (κ2) is 5.18. The van der Waals surface area contributed by atoms with E-state index in [4.69, 9.17) is 19.0 Å². The van der Waals surface area contributed by atoms with Crippen LogP contribution in [0.3, 0.4) is 0 Å². The van der Waals surface area contributed by atoms with Crippen molar-refractivity contribution in [1.29, 1.82) is 0 Å². The highest BCUT2D eigenvalue weighted by molar-refractivity contribution is 5.06. The van der Waals surface area contributed by atoms with Crippen molar-refractivity contribution < 1.29 is 19.0 Å². The molecule has 0 bridgehead atoms. The van der Waals surface area contributed by atoms with Crippen molar-refractivity contribution in [1.82, 2.24) is 5.32 Å². The molecule has 0 radical (unpaired) electrons. The molecule has 0 amide bonds. The summed E-state index contributed by atoms with van der Waals surface area (Å²) in [6, 6.07) is 3.63. The van der Waals surface area contributed by atoms with E-state index in [-0.39, 0.29) is 12.7 Å². The van der Waals surface area contributed by atoms with Crippen molar-refractivity contribution in [3.05, 3.63) is 23.7 Å². The van der Waals surface area contributed by atoms with Crippen molar-refractivity contribution >= 4 is 0 Å². The average molecular weight is 241 g/mol. The van der Waals surface area contributed by atoms with Gasteiger partial charge in [0.2, 0.25) is 0 Å². The van der Waals surface area contributed by atoms with E-state index >= 15 is 0 Å². The van der Waals surface area contributed by atoms with Gasteiger partial charge >= 0.3 is 0 Å². The summed E-state index contributed by atoms with van der Waals surface area (Å²) in [6.45, 7) is 5.72. The molecule has 1 saturated heterocycles. The molecule has 1 aromatic rings. The van der Waals surface area contributed by atoms with Crippen molar-refractivity contribution in [2.75, 3.05) is 13.2 Å². The minimum absolute atomic E-state index is 0.0617. The molecule has 17 heavy (non-hydrogen) atoms. The Morgan fingerprint density at radius 3 is 2.76 bits per heavy atom. The van der Waals surface area contributed by atoms with Gasteiger partial charge in [0.25, 0.3) is 0 Å². The van der Waals surface area contributed by atoms with Crippen LogP contribution in [0.15, 0.2) is 16.5 Å². The summed E-state index contributed by atoms with van der Waals surface area (Å²) in [5.41, 5.74) is 0. The smallest absolute Gasteiger partial charge is 0.163 e. The van der Waals surface area contributed by atoms with Gasteiger partial charge in [-0.3, -0.25) is 0 Å². The average Bonchev–Trinajstić information content (AvgIpc) is 2.85. The molecule has 1 unspecified atom stereocenters. The molecular weight excluding hydrogens is 222 g/mol. The SMILES string of the molecule is CC1(C)OCC(CNCc2ccc(CO)o2)O1. The molecule has 2 N–H and O–H groups in total. The lowest BCUT2D eigenvalue weighted by Crippen LogP contribution is -2.30. The molecule has 5 heteroatoms. The second-order valence-electron chi connectivity index (χ2n) is 4.61. The van der Waals surface area contributed by atoms with E-state index in [9.17, 15) is 0 Å².